The van der Waals surface area contributed by atoms with Gasteiger partial charge in [0.15, 0.2) is 0 Å². The van der Waals surface area contributed by atoms with Crippen molar-refractivity contribution in [3.05, 3.63) is 0 Å². The Morgan fingerprint density at radius 3 is 2.91 bits per heavy atom. The van der Waals surface area contributed by atoms with E-state index in [1.807, 2.05) is 7.05 Å². The fraction of sp³-hybridized carbons (Fsp3) is 1.00. The molecule has 0 amide bonds. The van der Waals surface area contributed by atoms with Gasteiger partial charge in [-0.2, -0.15) is 0 Å². The Labute approximate surface area is 68.0 Å². The maximum absolute atomic E-state index is 9.88. The minimum absolute atomic E-state index is 0.456. The van der Waals surface area contributed by atoms with Crippen LogP contribution in [0.5, 0.6) is 0 Å². The maximum Gasteiger partial charge on any atom is 0.101 e. The fourth-order valence-corrected chi connectivity index (χ4v) is 1.73. The van der Waals surface area contributed by atoms with Crippen molar-refractivity contribution in [3.8, 4) is 0 Å². The van der Waals surface area contributed by atoms with E-state index in [-0.39, 0.29) is 0 Å². The Hall–Kier alpha value is -0.120. The largest absolute Gasteiger partial charge is 0.386 e. The monoisotopic (exact) mass is 159 g/mol. The Bertz CT molecular complexity index is 125. The quantitative estimate of drug-likeness (QED) is 0.620. The molecule has 0 aromatic carbocycles. The van der Waals surface area contributed by atoms with Gasteiger partial charge in [-0.1, -0.05) is 0 Å². The summed E-state index contributed by atoms with van der Waals surface area (Å²) in [5.41, 5.74) is -0.595. The van der Waals surface area contributed by atoms with E-state index >= 15 is 0 Å². The molecule has 1 heterocycles. The highest BCUT2D eigenvalue weighted by Crippen LogP contribution is 2.19. The van der Waals surface area contributed by atoms with Crippen LogP contribution in [-0.2, 0) is 4.74 Å². The van der Waals surface area contributed by atoms with Crippen molar-refractivity contribution in [1.82, 2.24) is 4.90 Å². The van der Waals surface area contributed by atoms with Crippen LogP contribution in [0, 0.1) is 0 Å². The highest BCUT2D eigenvalue weighted by molar-refractivity contribution is 4.85. The van der Waals surface area contributed by atoms with Crippen molar-refractivity contribution >= 4 is 0 Å². The molecule has 0 saturated carbocycles. The molecule has 0 radical (unpaired) electrons. The van der Waals surface area contributed by atoms with Crippen molar-refractivity contribution in [2.75, 3.05) is 33.9 Å². The van der Waals surface area contributed by atoms with E-state index in [0.29, 0.717) is 6.61 Å². The van der Waals surface area contributed by atoms with Gasteiger partial charge in [0.25, 0.3) is 0 Å². The van der Waals surface area contributed by atoms with Gasteiger partial charge in [-0.25, -0.2) is 0 Å². The predicted molar refractivity (Wildman–Crippen MR) is 43.6 cm³/mol. The van der Waals surface area contributed by atoms with Gasteiger partial charge in [0, 0.05) is 13.7 Å². The standard InChI is InChI=1S/C8H17NO2/c1-9-5-3-4-8(10,6-9)7-11-2/h10H,3-7H2,1-2H3. The van der Waals surface area contributed by atoms with E-state index in [0.717, 1.165) is 25.9 Å². The van der Waals surface area contributed by atoms with Crippen LogP contribution in [0.25, 0.3) is 0 Å². The molecule has 1 aliphatic rings. The van der Waals surface area contributed by atoms with Crippen LogP contribution in [0.1, 0.15) is 12.8 Å². The summed E-state index contributed by atoms with van der Waals surface area (Å²) in [5, 5.41) is 9.88. The highest BCUT2D eigenvalue weighted by Gasteiger charge is 2.31. The van der Waals surface area contributed by atoms with Crippen LogP contribution >= 0.6 is 0 Å². The zero-order valence-electron chi connectivity index (χ0n) is 7.34. The number of hydrogen-bond acceptors (Lipinski definition) is 3. The van der Waals surface area contributed by atoms with Crippen LogP contribution in [0.4, 0.5) is 0 Å². The number of methoxy groups -OCH3 is 1. The van der Waals surface area contributed by atoms with Crippen LogP contribution in [0.3, 0.4) is 0 Å². The molecule has 66 valence electrons. The lowest BCUT2D eigenvalue weighted by Gasteiger charge is -2.36. The summed E-state index contributed by atoms with van der Waals surface area (Å²) in [4.78, 5) is 2.14. The smallest absolute Gasteiger partial charge is 0.101 e. The van der Waals surface area contributed by atoms with E-state index in [9.17, 15) is 5.11 Å². The number of piperidine rings is 1. The number of ether oxygens (including phenoxy) is 1. The summed E-state index contributed by atoms with van der Waals surface area (Å²) in [7, 11) is 3.66. The molecule has 1 fully saturated rings. The van der Waals surface area contributed by atoms with Gasteiger partial charge in [-0.15, -0.1) is 0 Å². The van der Waals surface area contributed by atoms with E-state index < -0.39 is 5.60 Å². The molecular formula is C8H17NO2. The number of rotatable bonds is 2. The molecule has 0 spiro atoms. The molecule has 0 aliphatic carbocycles. The summed E-state index contributed by atoms with van der Waals surface area (Å²) in [5.74, 6) is 0. The van der Waals surface area contributed by atoms with E-state index in [2.05, 4.69) is 4.90 Å². The molecule has 3 heteroatoms. The lowest BCUT2D eigenvalue weighted by Crippen LogP contribution is -2.49. The van der Waals surface area contributed by atoms with Crippen LogP contribution in [0.15, 0.2) is 0 Å². The Kier molecular flexibility index (Phi) is 2.87. The van der Waals surface area contributed by atoms with Gasteiger partial charge < -0.3 is 14.7 Å². The molecule has 1 saturated heterocycles. The van der Waals surface area contributed by atoms with Crippen molar-refractivity contribution < 1.29 is 9.84 Å². The first-order chi connectivity index (χ1) is 5.16. The van der Waals surface area contributed by atoms with Gasteiger partial charge >= 0.3 is 0 Å². The van der Waals surface area contributed by atoms with Gasteiger partial charge in [0.1, 0.15) is 5.60 Å². The predicted octanol–water partition coefficient (Wildman–Crippen LogP) is 0.0895. The SMILES string of the molecule is COCC1(O)CCCN(C)C1. The average Bonchev–Trinajstić information content (AvgIpc) is 1.86. The van der Waals surface area contributed by atoms with Crippen LogP contribution < -0.4 is 0 Å². The van der Waals surface area contributed by atoms with E-state index in [1.54, 1.807) is 7.11 Å². The molecule has 3 nitrogen and oxygen atoms in total. The van der Waals surface area contributed by atoms with Gasteiger partial charge in [0.2, 0.25) is 0 Å². The van der Waals surface area contributed by atoms with Crippen molar-refractivity contribution in [2.24, 2.45) is 0 Å². The van der Waals surface area contributed by atoms with Crippen LogP contribution in [-0.4, -0.2) is 49.5 Å². The second-order valence-corrected chi connectivity index (χ2v) is 3.50. The Morgan fingerprint density at radius 2 is 2.36 bits per heavy atom. The van der Waals surface area contributed by atoms with Crippen LogP contribution in [0.2, 0.25) is 0 Å². The lowest BCUT2D eigenvalue weighted by molar-refractivity contribution is -0.0724. The summed E-state index contributed by atoms with van der Waals surface area (Å²) < 4.78 is 4.96. The van der Waals surface area contributed by atoms with Gasteiger partial charge in [-0.3, -0.25) is 0 Å². The third kappa shape index (κ3) is 2.43. The number of hydrogen-bond donors (Lipinski definition) is 1. The van der Waals surface area contributed by atoms with Gasteiger partial charge in [0.05, 0.1) is 6.61 Å². The van der Waals surface area contributed by atoms with E-state index in [1.165, 1.54) is 0 Å². The third-order valence-corrected chi connectivity index (χ3v) is 2.16. The Morgan fingerprint density at radius 1 is 1.64 bits per heavy atom. The number of β-amino-alcohol motifs (C(OH)–C–C–N with tert-alkyl or cyclic N) is 1. The molecule has 1 atom stereocenters. The first-order valence-corrected chi connectivity index (χ1v) is 4.06. The van der Waals surface area contributed by atoms with Crippen molar-refractivity contribution in [2.45, 2.75) is 18.4 Å². The third-order valence-electron chi connectivity index (χ3n) is 2.16. The summed E-state index contributed by atoms with van der Waals surface area (Å²) >= 11 is 0. The van der Waals surface area contributed by atoms with Crippen molar-refractivity contribution in [3.63, 3.8) is 0 Å². The fourth-order valence-electron chi connectivity index (χ4n) is 1.73. The molecule has 1 rings (SSSR count). The molecule has 11 heavy (non-hydrogen) atoms. The van der Waals surface area contributed by atoms with Gasteiger partial charge in [-0.05, 0) is 26.4 Å². The zero-order chi connectivity index (χ0) is 8.32. The lowest BCUT2D eigenvalue weighted by atomic mass is 9.94. The first-order valence-electron chi connectivity index (χ1n) is 4.06. The van der Waals surface area contributed by atoms with E-state index in [4.69, 9.17) is 4.74 Å². The number of likely N-dealkylation sites (N-methyl/N-ethyl adjacent to an activating group) is 1. The second kappa shape index (κ2) is 3.52. The molecule has 1 aliphatic heterocycles. The molecule has 0 bridgehead atoms. The summed E-state index contributed by atoms with van der Waals surface area (Å²) in [6.07, 6.45) is 1.93. The molecule has 0 aromatic rings. The topological polar surface area (TPSA) is 32.7 Å². The molecular weight excluding hydrogens is 142 g/mol. The maximum atomic E-state index is 9.88. The van der Waals surface area contributed by atoms with Crippen molar-refractivity contribution in [1.29, 1.82) is 0 Å². The minimum atomic E-state index is -0.595. The zero-order valence-corrected chi connectivity index (χ0v) is 7.34. The number of aliphatic hydroxyl groups is 1. The average molecular weight is 159 g/mol. The number of likely N-dealkylation sites (tertiary alicyclic amines) is 1. The summed E-state index contributed by atoms with van der Waals surface area (Å²) in [6, 6.07) is 0. The normalized spacial score (nSPS) is 34.1. The number of nitrogens with zero attached hydrogens (tertiary/aromatic N) is 1. The highest BCUT2D eigenvalue weighted by atomic mass is 16.5. The molecule has 1 N–H and O–H groups in total. The Balaban J connectivity index is 2.41. The molecule has 0 aromatic heterocycles. The minimum Gasteiger partial charge on any atom is -0.386 e. The summed E-state index contributed by atoms with van der Waals surface area (Å²) in [6.45, 7) is 2.28. The second-order valence-electron chi connectivity index (χ2n) is 3.50. The first kappa shape index (κ1) is 8.97. The molecule has 1 unspecified atom stereocenters.